The Labute approximate surface area is 146 Å². The highest BCUT2D eigenvalue weighted by molar-refractivity contribution is 5.94. The minimum Gasteiger partial charge on any atom is -0.355 e. The fourth-order valence-corrected chi connectivity index (χ4v) is 3.05. The molecule has 1 fully saturated rings. The fourth-order valence-electron chi connectivity index (χ4n) is 3.05. The first-order valence-corrected chi connectivity index (χ1v) is 8.56. The zero-order valence-electron chi connectivity index (χ0n) is 14.1. The SMILES string of the molecule is NCCNC(=O)C1CCCN(C(=O)c2cnn(-c3ccccc3)c2)C1. The predicted molar refractivity (Wildman–Crippen MR) is 94.3 cm³/mol. The van der Waals surface area contributed by atoms with Gasteiger partial charge in [-0.1, -0.05) is 18.2 Å². The van der Waals surface area contributed by atoms with Gasteiger partial charge in [0.25, 0.3) is 5.91 Å². The van der Waals surface area contributed by atoms with E-state index in [1.807, 2.05) is 30.3 Å². The second-order valence-corrected chi connectivity index (χ2v) is 6.18. The van der Waals surface area contributed by atoms with Gasteiger partial charge in [-0.25, -0.2) is 4.68 Å². The van der Waals surface area contributed by atoms with Crippen LogP contribution in [0.4, 0.5) is 0 Å². The number of hydrogen-bond donors (Lipinski definition) is 2. The number of piperidine rings is 1. The Morgan fingerprint density at radius 1 is 1.28 bits per heavy atom. The van der Waals surface area contributed by atoms with Crippen molar-refractivity contribution in [2.24, 2.45) is 11.7 Å². The van der Waals surface area contributed by atoms with Crippen LogP contribution in [0.1, 0.15) is 23.2 Å². The van der Waals surface area contributed by atoms with Crippen LogP contribution >= 0.6 is 0 Å². The lowest BCUT2D eigenvalue weighted by atomic mass is 9.96. The summed E-state index contributed by atoms with van der Waals surface area (Å²) in [7, 11) is 0. The topological polar surface area (TPSA) is 93.2 Å². The van der Waals surface area contributed by atoms with Gasteiger partial charge in [-0.15, -0.1) is 0 Å². The molecule has 2 heterocycles. The predicted octanol–water partition coefficient (Wildman–Crippen LogP) is 0.799. The number of likely N-dealkylation sites (tertiary alicyclic amines) is 1. The summed E-state index contributed by atoms with van der Waals surface area (Å²) < 4.78 is 1.68. The summed E-state index contributed by atoms with van der Waals surface area (Å²) >= 11 is 0. The highest BCUT2D eigenvalue weighted by Gasteiger charge is 2.29. The summed E-state index contributed by atoms with van der Waals surface area (Å²) in [5.41, 5.74) is 6.86. The number of carbonyl (C=O) groups excluding carboxylic acids is 2. The molecule has 1 aliphatic heterocycles. The lowest BCUT2D eigenvalue weighted by Crippen LogP contribution is -2.46. The molecule has 1 saturated heterocycles. The molecule has 1 aliphatic rings. The number of benzene rings is 1. The second-order valence-electron chi connectivity index (χ2n) is 6.18. The van der Waals surface area contributed by atoms with E-state index in [0.717, 1.165) is 18.5 Å². The molecule has 1 aromatic carbocycles. The van der Waals surface area contributed by atoms with Gasteiger partial charge in [0.2, 0.25) is 5.91 Å². The van der Waals surface area contributed by atoms with Gasteiger partial charge in [-0.05, 0) is 25.0 Å². The van der Waals surface area contributed by atoms with E-state index in [2.05, 4.69) is 10.4 Å². The fraction of sp³-hybridized carbons (Fsp3) is 0.389. The van der Waals surface area contributed by atoms with Crippen LogP contribution in [0.5, 0.6) is 0 Å². The zero-order valence-corrected chi connectivity index (χ0v) is 14.1. The van der Waals surface area contributed by atoms with Gasteiger partial charge in [-0.3, -0.25) is 9.59 Å². The Balaban J connectivity index is 1.66. The van der Waals surface area contributed by atoms with E-state index in [4.69, 9.17) is 5.73 Å². The third-order valence-electron chi connectivity index (χ3n) is 4.37. The maximum atomic E-state index is 12.7. The molecule has 25 heavy (non-hydrogen) atoms. The molecule has 7 heteroatoms. The minimum absolute atomic E-state index is 0.0251. The summed E-state index contributed by atoms with van der Waals surface area (Å²) in [4.78, 5) is 26.6. The Hall–Kier alpha value is -2.67. The monoisotopic (exact) mass is 341 g/mol. The molecule has 132 valence electrons. The van der Waals surface area contributed by atoms with Crippen LogP contribution in [-0.2, 0) is 4.79 Å². The van der Waals surface area contributed by atoms with E-state index in [1.165, 1.54) is 0 Å². The Kier molecular flexibility index (Phi) is 5.45. The summed E-state index contributed by atoms with van der Waals surface area (Å²) in [6.45, 7) is 1.98. The van der Waals surface area contributed by atoms with Gasteiger partial charge in [-0.2, -0.15) is 5.10 Å². The number of nitrogens with zero attached hydrogens (tertiary/aromatic N) is 3. The summed E-state index contributed by atoms with van der Waals surface area (Å²) in [5.74, 6) is -0.283. The molecule has 2 amide bonds. The molecular formula is C18H23N5O2. The number of rotatable bonds is 5. The van der Waals surface area contributed by atoms with Crippen LogP contribution in [0.2, 0.25) is 0 Å². The molecule has 1 atom stereocenters. The molecule has 7 nitrogen and oxygen atoms in total. The molecule has 0 aliphatic carbocycles. The van der Waals surface area contributed by atoms with E-state index in [-0.39, 0.29) is 17.7 Å². The van der Waals surface area contributed by atoms with Crippen LogP contribution < -0.4 is 11.1 Å². The van der Waals surface area contributed by atoms with Gasteiger partial charge in [0, 0.05) is 32.4 Å². The van der Waals surface area contributed by atoms with Crippen LogP contribution in [0.3, 0.4) is 0 Å². The van der Waals surface area contributed by atoms with Gasteiger partial charge in [0.05, 0.1) is 23.4 Å². The number of para-hydroxylation sites is 1. The molecule has 3 rings (SSSR count). The zero-order chi connectivity index (χ0) is 17.6. The molecule has 2 aromatic rings. The summed E-state index contributed by atoms with van der Waals surface area (Å²) in [6, 6.07) is 9.64. The number of aromatic nitrogens is 2. The summed E-state index contributed by atoms with van der Waals surface area (Å²) in [6.07, 6.45) is 4.92. The van der Waals surface area contributed by atoms with Crippen molar-refractivity contribution in [1.82, 2.24) is 20.0 Å². The smallest absolute Gasteiger partial charge is 0.257 e. The van der Waals surface area contributed by atoms with Crippen molar-refractivity contribution in [3.8, 4) is 5.69 Å². The molecule has 0 saturated carbocycles. The van der Waals surface area contributed by atoms with Gasteiger partial charge >= 0.3 is 0 Å². The lowest BCUT2D eigenvalue weighted by molar-refractivity contribution is -0.126. The van der Waals surface area contributed by atoms with Crippen molar-refractivity contribution < 1.29 is 9.59 Å². The van der Waals surface area contributed by atoms with E-state index in [9.17, 15) is 9.59 Å². The van der Waals surface area contributed by atoms with Crippen LogP contribution in [-0.4, -0.2) is 52.7 Å². The Morgan fingerprint density at radius 2 is 2.08 bits per heavy atom. The largest absolute Gasteiger partial charge is 0.355 e. The van der Waals surface area contributed by atoms with Crippen LogP contribution in [0.15, 0.2) is 42.7 Å². The van der Waals surface area contributed by atoms with Crippen molar-refractivity contribution in [2.75, 3.05) is 26.2 Å². The highest BCUT2D eigenvalue weighted by Crippen LogP contribution is 2.19. The second kappa shape index (κ2) is 7.94. The Bertz CT molecular complexity index is 728. The third-order valence-corrected chi connectivity index (χ3v) is 4.37. The average molecular weight is 341 g/mol. The molecule has 0 radical (unpaired) electrons. The molecule has 1 aromatic heterocycles. The van der Waals surface area contributed by atoms with E-state index in [0.29, 0.717) is 31.7 Å². The first-order chi connectivity index (χ1) is 12.2. The first kappa shape index (κ1) is 17.2. The van der Waals surface area contributed by atoms with E-state index >= 15 is 0 Å². The number of nitrogens with two attached hydrogens (primary N) is 1. The van der Waals surface area contributed by atoms with Crippen molar-refractivity contribution >= 4 is 11.8 Å². The van der Waals surface area contributed by atoms with Crippen molar-refractivity contribution in [3.05, 3.63) is 48.3 Å². The first-order valence-electron chi connectivity index (χ1n) is 8.56. The minimum atomic E-state index is -0.173. The van der Waals surface area contributed by atoms with Gasteiger partial charge in [0.1, 0.15) is 0 Å². The van der Waals surface area contributed by atoms with Gasteiger partial charge < -0.3 is 16.0 Å². The molecule has 0 spiro atoms. The van der Waals surface area contributed by atoms with E-state index < -0.39 is 0 Å². The number of carbonyl (C=O) groups is 2. The molecule has 3 N–H and O–H groups in total. The number of nitrogens with one attached hydrogen (secondary N) is 1. The summed E-state index contributed by atoms with van der Waals surface area (Å²) in [5, 5.41) is 7.08. The van der Waals surface area contributed by atoms with Crippen molar-refractivity contribution in [3.63, 3.8) is 0 Å². The number of hydrogen-bond acceptors (Lipinski definition) is 4. The molecule has 1 unspecified atom stereocenters. The van der Waals surface area contributed by atoms with E-state index in [1.54, 1.807) is 22.0 Å². The maximum Gasteiger partial charge on any atom is 0.257 e. The maximum absolute atomic E-state index is 12.7. The van der Waals surface area contributed by atoms with Gasteiger partial charge in [0.15, 0.2) is 0 Å². The highest BCUT2D eigenvalue weighted by atomic mass is 16.2. The lowest BCUT2D eigenvalue weighted by Gasteiger charge is -2.31. The van der Waals surface area contributed by atoms with Crippen molar-refractivity contribution in [1.29, 1.82) is 0 Å². The van der Waals surface area contributed by atoms with Crippen molar-refractivity contribution in [2.45, 2.75) is 12.8 Å². The average Bonchev–Trinajstić information content (AvgIpc) is 3.16. The van der Waals surface area contributed by atoms with Crippen LogP contribution in [0.25, 0.3) is 5.69 Å². The number of amides is 2. The third kappa shape index (κ3) is 4.06. The normalized spacial score (nSPS) is 17.3. The quantitative estimate of drug-likeness (QED) is 0.841. The standard InChI is InChI=1S/C18H23N5O2/c19-8-9-20-17(24)14-5-4-10-22(12-14)18(25)15-11-21-23(13-15)16-6-2-1-3-7-16/h1-3,6-7,11,13-14H,4-5,8-10,12,19H2,(H,20,24). The van der Waals surface area contributed by atoms with Crippen LogP contribution in [0, 0.1) is 5.92 Å². The Morgan fingerprint density at radius 3 is 2.84 bits per heavy atom. The molecule has 0 bridgehead atoms. The molecular weight excluding hydrogens is 318 g/mol.